The summed E-state index contributed by atoms with van der Waals surface area (Å²) in [4.78, 5) is 11.7. The lowest BCUT2D eigenvalue weighted by Gasteiger charge is -2.18. The maximum absolute atomic E-state index is 13.0. The van der Waals surface area contributed by atoms with E-state index in [2.05, 4.69) is 28.8 Å². The number of ether oxygens (including phenoxy) is 1. The van der Waals surface area contributed by atoms with Crippen LogP contribution in [0.15, 0.2) is 42.5 Å². The van der Waals surface area contributed by atoms with E-state index in [9.17, 15) is 9.18 Å². The van der Waals surface area contributed by atoms with Gasteiger partial charge in [-0.3, -0.25) is 5.32 Å². The summed E-state index contributed by atoms with van der Waals surface area (Å²) in [6.07, 6.45) is 2.34. The van der Waals surface area contributed by atoms with Crippen molar-refractivity contribution in [2.75, 3.05) is 23.8 Å². The van der Waals surface area contributed by atoms with Gasteiger partial charge >= 0.3 is 6.09 Å². The summed E-state index contributed by atoms with van der Waals surface area (Å²) in [5.74, 6) is -0.399. The van der Waals surface area contributed by atoms with Crippen LogP contribution in [0.1, 0.15) is 17.5 Å². The Hall–Kier alpha value is -2.56. The Bertz CT molecular complexity index is 703. The monoisotopic (exact) mass is 314 g/mol. The highest BCUT2D eigenvalue weighted by Crippen LogP contribution is 2.23. The van der Waals surface area contributed by atoms with Crippen molar-refractivity contribution in [2.24, 2.45) is 0 Å². The molecule has 0 bridgehead atoms. The van der Waals surface area contributed by atoms with Gasteiger partial charge in [-0.2, -0.15) is 0 Å². The molecule has 0 atom stereocenters. The summed E-state index contributed by atoms with van der Waals surface area (Å²) >= 11 is 0. The van der Waals surface area contributed by atoms with Crippen LogP contribution in [0.25, 0.3) is 0 Å². The number of carbonyl (C=O) groups is 1. The van der Waals surface area contributed by atoms with E-state index < -0.39 is 11.9 Å². The first-order chi connectivity index (χ1) is 11.2. The molecule has 0 saturated carbocycles. The van der Waals surface area contributed by atoms with Crippen molar-refractivity contribution < 1.29 is 13.9 Å². The van der Waals surface area contributed by atoms with Crippen LogP contribution < -0.4 is 10.6 Å². The molecule has 2 N–H and O–H groups in total. The maximum atomic E-state index is 13.0. The number of benzene rings is 2. The van der Waals surface area contributed by atoms with Gasteiger partial charge in [-0.05, 0) is 48.2 Å². The predicted octanol–water partition coefficient (Wildman–Crippen LogP) is 3.98. The van der Waals surface area contributed by atoms with E-state index in [1.807, 2.05) is 0 Å². The van der Waals surface area contributed by atoms with Gasteiger partial charge in [0.15, 0.2) is 0 Å². The quantitative estimate of drug-likeness (QED) is 0.897. The lowest BCUT2D eigenvalue weighted by molar-refractivity contribution is 0.163. The maximum Gasteiger partial charge on any atom is 0.411 e. The van der Waals surface area contributed by atoms with Crippen LogP contribution >= 0.6 is 0 Å². The average Bonchev–Trinajstić information content (AvgIpc) is 2.55. The fourth-order valence-electron chi connectivity index (χ4n) is 2.65. The number of fused-ring (bicyclic) bond motifs is 1. The summed E-state index contributed by atoms with van der Waals surface area (Å²) in [6.45, 7) is 1.28. The summed E-state index contributed by atoms with van der Waals surface area (Å²) in [7, 11) is 0. The minimum Gasteiger partial charge on any atom is -0.449 e. The molecule has 0 unspecified atom stereocenters. The van der Waals surface area contributed by atoms with E-state index in [-0.39, 0.29) is 6.61 Å². The van der Waals surface area contributed by atoms with Crippen LogP contribution in [-0.2, 0) is 17.6 Å². The number of nitrogens with one attached hydrogen (secondary N) is 2. The number of amides is 1. The highest BCUT2D eigenvalue weighted by Gasteiger charge is 2.09. The largest absolute Gasteiger partial charge is 0.449 e. The predicted molar refractivity (Wildman–Crippen MR) is 88.3 cm³/mol. The van der Waals surface area contributed by atoms with E-state index in [0.29, 0.717) is 12.1 Å². The van der Waals surface area contributed by atoms with Crippen LogP contribution in [0.2, 0.25) is 0 Å². The van der Waals surface area contributed by atoms with Gasteiger partial charge in [-0.25, -0.2) is 9.18 Å². The van der Waals surface area contributed by atoms with Crippen molar-refractivity contribution in [3.05, 3.63) is 59.4 Å². The lowest BCUT2D eigenvalue weighted by Crippen LogP contribution is -2.16. The first-order valence-corrected chi connectivity index (χ1v) is 7.76. The normalized spacial score (nSPS) is 12.9. The molecule has 0 aromatic heterocycles. The molecule has 0 spiro atoms. The van der Waals surface area contributed by atoms with Crippen LogP contribution in [-0.4, -0.2) is 19.2 Å². The molecule has 1 aliphatic rings. The molecular formula is C18H19FN2O2. The van der Waals surface area contributed by atoms with E-state index >= 15 is 0 Å². The van der Waals surface area contributed by atoms with E-state index in [4.69, 9.17) is 4.74 Å². The number of aryl methyl sites for hydroxylation is 1. The Morgan fingerprint density at radius 3 is 3.04 bits per heavy atom. The van der Waals surface area contributed by atoms with Gasteiger partial charge in [0.25, 0.3) is 0 Å². The van der Waals surface area contributed by atoms with Crippen LogP contribution in [0, 0.1) is 5.82 Å². The molecule has 1 aliphatic heterocycles. The lowest BCUT2D eigenvalue weighted by atomic mass is 10.0. The minimum atomic E-state index is -0.577. The van der Waals surface area contributed by atoms with Gasteiger partial charge in [0.2, 0.25) is 0 Å². The molecular weight excluding hydrogens is 295 g/mol. The number of rotatable bonds is 4. The van der Waals surface area contributed by atoms with Crippen molar-refractivity contribution in [3.63, 3.8) is 0 Å². The second-order valence-electron chi connectivity index (χ2n) is 5.54. The number of carbonyl (C=O) groups excluding carboxylic acids is 1. The average molecular weight is 314 g/mol. The van der Waals surface area contributed by atoms with Crippen molar-refractivity contribution in [3.8, 4) is 0 Å². The van der Waals surface area contributed by atoms with Gasteiger partial charge < -0.3 is 10.1 Å². The number of halogens is 1. The molecule has 5 heteroatoms. The van der Waals surface area contributed by atoms with Gasteiger partial charge in [0, 0.05) is 24.3 Å². The Morgan fingerprint density at radius 2 is 2.17 bits per heavy atom. The summed E-state index contributed by atoms with van der Waals surface area (Å²) in [5.41, 5.74) is 4.02. The topological polar surface area (TPSA) is 50.4 Å². The first-order valence-electron chi connectivity index (χ1n) is 7.76. The Kier molecular flexibility index (Phi) is 4.76. The molecule has 0 fully saturated rings. The summed E-state index contributed by atoms with van der Waals surface area (Å²) in [5, 5.41) is 5.89. The minimum absolute atomic E-state index is 0.278. The SMILES string of the molecule is O=C(Nc1cccc(F)c1)OCCc1ccc2c(c1)NCCC2. The second kappa shape index (κ2) is 7.13. The molecule has 120 valence electrons. The third-order valence-corrected chi connectivity index (χ3v) is 3.81. The molecule has 23 heavy (non-hydrogen) atoms. The van der Waals surface area contributed by atoms with Gasteiger partial charge in [0.05, 0.1) is 6.61 Å². The van der Waals surface area contributed by atoms with Crippen LogP contribution in [0.3, 0.4) is 0 Å². The van der Waals surface area contributed by atoms with Crippen LogP contribution in [0.5, 0.6) is 0 Å². The van der Waals surface area contributed by atoms with Crippen molar-refractivity contribution in [1.29, 1.82) is 0 Å². The van der Waals surface area contributed by atoms with E-state index in [1.165, 1.54) is 29.4 Å². The third kappa shape index (κ3) is 4.22. The van der Waals surface area contributed by atoms with Crippen molar-refractivity contribution in [2.45, 2.75) is 19.3 Å². The molecule has 3 rings (SSSR count). The molecule has 2 aromatic carbocycles. The highest BCUT2D eigenvalue weighted by atomic mass is 19.1. The standard InChI is InChI=1S/C18H19FN2O2/c19-15-4-1-5-16(12-15)21-18(22)23-10-8-13-6-7-14-3-2-9-20-17(14)11-13/h1,4-7,11-12,20H,2-3,8-10H2,(H,21,22). The van der Waals surface area contributed by atoms with Crippen molar-refractivity contribution >= 4 is 17.5 Å². The summed E-state index contributed by atoms with van der Waals surface area (Å²) in [6, 6.07) is 12.0. The first kappa shape index (κ1) is 15.3. The fourth-order valence-corrected chi connectivity index (χ4v) is 2.65. The van der Waals surface area contributed by atoms with Gasteiger partial charge in [0.1, 0.15) is 5.82 Å². The van der Waals surface area contributed by atoms with Crippen molar-refractivity contribution in [1.82, 2.24) is 0 Å². The highest BCUT2D eigenvalue weighted by molar-refractivity contribution is 5.84. The molecule has 0 radical (unpaired) electrons. The van der Waals surface area contributed by atoms with Crippen LogP contribution in [0.4, 0.5) is 20.6 Å². The molecule has 1 heterocycles. The van der Waals surface area contributed by atoms with Gasteiger partial charge in [-0.1, -0.05) is 18.2 Å². The second-order valence-corrected chi connectivity index (χ2v) is 5.54. The van der Waals surface area contributed by atoms with E-state index in [0.717, 1.165) is 24.9 Å². The molecule has 4 nitrogen and oxygen atoms in total. The number of hydrogen-bond acceptors (Lipinski definition) is 3. The summed E-state index contributed by atoms with van der Waals surface area (Å²) < 4.78 is 18.2. The zero-order valence-electron chi connectivity index (χ0n) is 12.8. The Balaban J connectivity index is 1.48. The smallest absolute Gasteiger partial charge is 0.411 e. The fraction of sp³-hybridized carbons (Fsp3) is 0.278. The number of hydrogen-bond donors (Lipinski definition) is 2. The Labute approximate surface area is 134 Å². The zero-order valence-corrected chi connectivity index (χ0v) is 12.8. The third-order valence-electron chi connectivity index (χ3n) is 3.81. The zero-order chi connectivity index (χ0) is 16.1. The van der Waals surface area contributed by atoms with Gasteiger partial charge in [-0.15, -0.1) is 0 Å². The molecule has 0 saturated heterocycles. The molecule has 2 aromatic rings. The Morgan fingerprint density at radius 1 is 1.26 bits per heavy atom. The van der Waals surface area contributed by atoms with E-state index in [1.54, 1.807) is 6.07 Å². The molecule has 1 amide bonds. The number of anilines is 2. The molecule has 0 aliphatic carbocycles.